The van der Waals surface area contributed by atoms with E-state index in [9.17, 15) is 9.90 Å². The van der Waals surface area contributed by atoms with Gasteiger partial charge in [-0.15, -0.1) is 0 Å². The first kappa shape index (κ1) is 24.0. The van der Waals surface area contributed by atoms with Crippen molar-refractivity contribution in [2.75, 3.05) is 56.0 Å². The predicted octanol–water partition coefficient (Wildman–Crippen LogP) is 2.78. The number of rotatable bonds is 6. The van der Waals surface area contributed by atoms with Crippen LogP contribution >= 0.6 is 0 Å². The molecule has 8 nitrogen and oxygen atoms in total. The van der Waals surface area contributed by atoms with Crippen molar-refractivity contribution in [1.29, 1.82) is 0 Å². The SMILES string of the molecule is Cc1c(NCC2CCN(c3ccccc3)C2)ncnc1C(=O)N1CCC(N2CCC(O)CC2)CC1. The largest absolute Gasteiger partial charge is 0.393 e. The molecule has 4 heterocycles. The van der Waals surface area contributed by atoms with Gasteiger partial charge < -0.3 is 25.1 Å². The van der Waals surface area contributed by atoms with Crippen LogP contribution in [0.3, 0.4) is 0 Å². The maximum Gasteiger partial charge on any atom is 0.272 e. The lowest BCUT2D eigenvalue weighted by molar-refractivity contribution is 0.0355. The molecule has 8 heteroatoms. The van der Waals surface area contributed by atoms with Crippen LogP contribution in [0, 0.1) is 12.8 Å². The maximum absolute atomic E-state index is 13.3. The van der Waals surface area contributed by atoms with Gasteiger partial charge in [0, 0.05) is 63.1 Å². The monoisotopic (exact) mass is 478 g/mol. The third kappa shape index (κ3) is 5.59. The minimum atomic E-state index is -0.145. The molecule has 1 amide bonds. The van der Waals surface area contributed by atoms with E-state index < -0.39 is 0 Å². The molecule has 188 valence electrons. The number of nitrogens with one attached hydrogen (secondary N) is 1. The number of likely N-dealkylation sites (tertiary alicyclic amines) is 2. The van der Waals surface area contributed by atoms with Crippen molar-refractivity contribution in [3.63, 3.8) is 0 Å². The van der Waals surface area contributed by atoms with Gasteiger partial charge >= 0.3 is 0 Å². The standard InChI is InChI=1S/C27H38N6O2/c1-20-25(27(35)32-13-8-23(9-14-32)31-15-10-24(34)11-16-31)29-19-30-26(20)28-17-21-7-12-33(18-21)22-5-3-2-4-6-22/h2-6,19,21,23-24,34H,7-18H2,1H3,(H,28,29,30). The van der Waals surface area contributed by atoms with Crippen molar-refractivity contribution in [2.24, 2.45) is 5.92 Å². The molecule has 1 unspecified atom stereocenters. The molecule has 3 aliphatic rings. The summed E-state index contributed by atoms with van der Waals surface area (Å²) in [5.41, 5.74) is 2.63. The van der Waals surface area contributed by atoms with E-state index in [4.69, 9.17) is 0 Å². The molecule has 3 saturated heterocycles. The second kappa shape index (κ2) is 10.9. The quantitative estimate of drug-likeness (QED) is 0.660. The van der Waals surface area contributed by atoms with E-state index in [1.54, 1.807) is 0 Å². The first-order valence-electron chi connectivity index (χ1n) is 13.2. The summed E-state index contributed by atoms with van der Waals surface area (Å²) in [6, 6.07) is 11.1. The lowest BCUT2D eigenvalue weighted by Gasteiger charge is -2.41. The molecule has 3 aliphatic heterocycles. The minimum Gasteiger partial charge on any atom is -0.393 e. The first-order valence-corrected chi connectivity index (χ1v) is 13.2. The van der Waals surface area contributed by atoms with Crippen LogP contribution in [0.5, 0.6) is 0 Å². The highest BCUT2D eigenvalue weighted by molar-refractivity contribution is 5.94. The lowest BCUT2D eigenvalue weighted by Crippen LogP contribution is -2.49. The predicted molar refractivity (Wildman–Crippen MR) is 138 cm³/mol. The molecule has 0 saturated carbocycles. The fourth-order valence-electron chi connectivity index (χ4n) is 5.79. The number of hydrogen-bond acceptors (Lipinski definition) is 7. The van der Waals surface area contributed by atoms with Crippen molar-refractivity contribution in [1.82, 2.24) is 19.8 Å². The Morgan fingerprint density at radius 3 is 2.49 bits per heavy atom. The van der Waals surface area contributed by atoms with Gasteiger partial charge in [-0.05, 0) is 57.1 Å². The van der Waals surface area contributed by atoms with Gasteiger partial charge in [0.2, 0.25) is 0 Å². The molecule has 0 bridgehead atoms. The molecule has 3 fully saturated rings. The zero-order valence-corrected chi connectivity index (χ0v) is 20.8. The fraction of sp³-hybridized carbons (Fsp3) is 0.593. The summed E-state index contributed by atoms with van der Waals surface area (Å²) in [7, 11) is 0. The van der Waals surface area contributed by atoms with Crippen molar-refractivity contribution in [2.45, 2.75) is 51.2 Å². The summed E-state index contributed by atoms with van der Waals surface area (Å²) in [6.45, 7) is 8.32. The number of piperidine rings is 2. The number of hydrogen-bond donors (Lipinski definition) is 2. The van der Waals surface area contributed by atoms with Crippen LogP contribution in [-0.2, 0) is 0 Å². The number of para-hydroxylation sites is 1. The number of benzene rings is 1. The van der Waals surface area contributed by atoms with Crippen molar-refractivity contribution in [3.8, 4) is 0 Å². The summed E-state index contributed by atoms with van der Waals surface area (Å²) in [6.07, 6.45) is 6.20. The molecule has 0 radical (unpaired) electrons. The lowest BCUT2D eigenvalue weighted by atomic mass is 9.98. The van der Waals surface area contributed by atoms with E-state index in [0.717, 1.165) is 89.3 Å². The molecule has 2 aromatic rings. The second-order valence-corrected chi connectivity index (χ2v) is 10.3. The summed E-state index contributed by atoms with van der Waals surface area (Å²) < 4.78 is 0. The number of aromatic nitrogens is 2. The number of carbonyl (C=O) groups excluding carboxylic acids is 1. The first-order chi connectivity index (χ1) is 17.1. The smallest absolute Gasteiger partial charge is 0.272 e. The highest BCUT2D eigenvalue weighted by Crippen LogP contribution is 2.26. The Balaban J connectivity index is 1.14. The van der Waals surface area contributed by atoms with E-state index in [2.05, 4.69) is 55.4 Å². The molecule has 5 rings (SSSR count). The number of aliphatic hydroxyl groups excluding tert-OH is 1. The third-order valence-electron chi connectivity index (χ3n) is 8.02. The van der Waals surface area contributed by atoms with E-state index in [1.165, 1.54) is 12.0 Å². The summed E-state index contributed by atoms with van der Waals surface area (Å²) in [5, 5.41) is 13.3. The van der Waals surface area contributed by atoms with Gasteiger partial charge in [-0.2, -0.15) is 0 Å². The molecule has 35 heavy (non-hydrogen) atoms. The molecular weight excluding hydrogens is 440 g/mol. The molecule has 1 aromatic heterocycles. The van der Waals surface area contributed by atoms with Crippen LogP contribution in [-0.4, -0.2) is 88.7 Å². The molecule has 2 N–H and O–H groups in total. The number of amides is 1. The molecule has 0 aliphatic carbocycles. The molecule has 1 aromatic carbocycles. The van der Waals surface area contributed by atoms with E-state index >= 15 is 0 Å². The summed E-state index contributed by atoms with van der Waals surface area (Å²) in [5.74, 6) is 1.32. The highest BCUT2D eigenvalue weighted by atomic mass is 16.3. The van der Waals surface area contributed by atoms with E-state index in [1.807, 2.05) is 11.8 Å². The second-order valence-electron chi connectivity index (χ2n) is 10.3. The maximum atomic E-state index is 13.3. The Hall–Kier alpha value is -2.71. The average molecular weight is 479 g/mol. The van der Waals surface area contributed by atoms with Crippen LogP contribution in [0.2, 0.25) is 0 Å². The van der Waals surface area contributed by atoms with Gasteiger partial charge in [-0.3, -0.25) is 4.79 Å². The third-order valence-corrected chi connectivity index (χ3v) is 8.02. The van der Waals surface area contributed by atoms with E-state index in [-0.39, 0.29) is 12.0 Å². The van der Waals surface area contributed by atoms with Crippen LogP contribution < -0.4 is 10.2 Å². The van der Waals surface area contributed by atoms with Crippen molar-refractivity contribution < 1.29 is 9.90 Å². The van der Waals surface area contributed by atoms with Crippen LogP contribution in [0.4, 0.5) is 11.5 Å². The Morgan fingerprint density at radius 2 is 1.74 bits per heavy atom. The average Bonchev–Trinajstić information content (AvgIpc) is 3.38. The van der Waals surface area contributed by atoms with Crippen LogP contribution in [0.1, 0.15) is 48.2 Å². The Kier molecular flexibility index (Phi) is 7.48. The molecule has 1 atom stereocenters. The van der Waals surface area contributed by atoms with Gasteiger partial charge in [0.25, 0.3) is 5.91 Å². The molecular formula is C27H38N6O2. The van der Waals surface area contributed by atoms with Gasteiger partial charge in [-0.25, -0.2) is 9.97 Å². The van der Waals surface area contributed by atoms with Crippen molar-refractivity contribution >= 4 is 17.4 Å². The highest BCUT2D eigenvalue weighted by Gasteiger charge is 2.31. The zero-order valence-electron chi connectivity index (χ0n) is 20.8. The van der Waals surface area contributed by atoms with Crippen LogP contribution in [0.15, 0.2) is 36.7 Å². The minimum absolute atomic E-state index is 0.0107. The normalized spacial score (nSPS) is 22.5. The topological polar surface area (TPSA) is 84.8 Å². The zero-order chi connectivity index (χ0) is 24.2. The van der Waals surface area contributed by atoms with Gasteiger partial charge in [0.05, 0.1) is 6.10 Å². The number of anilines is 2. The van der Waals surface area contributed by atoms with Crippen LogP contribution in [0.25, 0.3) is 0 Å². The van der Waals surface area contributed by atoms with Crippen molar-refractivity contribution in [3.05, 3.63) is 47.9 Å². The number of aliphatic hydroxyl groups is 1. The molecule has 0 spiro atoms. The van der Waals surface area contributed by atoms with E-state index in [0.29, 0.717) is 17.7 Å². The summed E-state index contributed by atoms with van der Waals surface area (Å²) in [4.78, 5) is 29.0. The Bertz CT molecular complexity index is 986. The number of nitrogens with zero attached hydrogens (tertiary/aromatic N) is 5. The van der Waals surface area contributed by atoms with Gasteiger partial charge in [0.15, 0.2) is 0 Å². The van der Waals surface area contributed by atoms with Gasteiger partial charge in [-0.1, -0.05) is 18.2 Å². The fourth-order valence-corrected chi connectivity index (χ4v) is 5.79. The summed E-state index contributed by atoms with van der Waals surface area (Å²) >= 11 is 0. The van der Waals surface area contributed by atoms with Gasteiger partial charge in [0.1, 0.15) is 17.8 Å². The Morgan fingerprint density at radius 1 is 1.00 bits per heavy atom. The Labute approximate surface area is 208 Å². The number of carbonyl (C=O) groups is 1.